The number of hydrogen-bond donors (Lipinski definition) is 1. The van der Waals surface area contributed by atoms with Crippen molar-refractivity contribution in [2.45, 2.75) is 74.5 Å². The van der Waals surface area contributed by atoms with Crippen LogP contribution < -0.4 is 14.4 Å². The van der Waals surface area contributed by atoms with Crippen LogP contribution in [0.4, 0.5) is 5.69 Å². The van der Waals surface area contributed by atoms with Gasteiger partial charge in [-0.1, -0.05) is 29.8 Å². The molecule has 0 aromatic heterocycles. The Morgan fingerprint density at radius 1 is 1.07 bits per heavy atom. The predicted molar refractivity (Wildman–Crippen MR) is 168 cm³/mol. The van der Waals surface area contributed by atoms with E-state index in [1.54, 1.807) is 25.3 Å². The fraction of sp³-hybridized carbons (Fsp3) is 0.545. The maximum atomic E-state index is 13.7. The Kier molecular flexibility index (Phi) is 8.79. The fourth-order valence-corrected chi connectivity index (χ4v) is 8.38. The summed E-state index contributed by atoms with van der Waals surface area (Å²) < 4.78 is 42.3. The second kappa shape index (κ2) is 12.4. The number of likely N-dealkylation sites (N-methyl/N-ethyl adjacent to an activating group) is 1. The Labute approximate surface area is 260 Å². The van der Waals surface area contributed by atoms with Gasteiger partial charge in [0.2, 0.25) is 0 Å². The number of carbonyl (C=O) groups excluding carboxylic acids is 1. The number of ether oxygens (including phenoxy) is 2. The Bertz CT molecular complexity index is 1490. The monoisotopic (exact) mass is 627 g/mol. The van der Waals surface area contributed by atoms with Gasteiger partial charge in [-0.25, -0.2) is 13.1 Å². The van der Waals surface area contributed by atoms with Gasteiger partial charge < -0.3 is 14.4 Å². The zero-order chi connectivity index (χ0) is 30.2. The molecule has 1 N–H and O–H groups in total. The standard InChI is InChI=1S/C33H42ClN3O5S/c1-36-17-5-8-30(41-2)28-13-10-24(28)21-37-18-4-3-7-23-19-26(34)11-9-25(23)22-42-31-14-12-27(20-29(31)37)43(39,40)35-32(38)33(36)15-6-16-33/h5,8-9,11-12,14,19-20,24,28,30H,3-4,6-7,10,13,15-18,21-22H2,1-2H3,(H,35,38)/b8-5+/t24-,28+,30+/m0/s1. The molecule has 0 saturated heterocycles. The third-order valence-electron chi connectivity index (χ3n) is 10.1. The summed E-state index contributed by atoms with van der Waals surface area (Å²) in [7, 11) is -0.448. The molecule has 1 spiro atoms. The van der Waals surface area contributed by atoms with Crippen molar-refractivity contribution in [1.29, 1.82) is 0 Å². The summed E-state index contributed by atoms with van der Waals surface area (Å²) in [6, 6.07) is 10.9. The van der Waals surface area contributed by atoms with Crippen molar-refractivity contribution in [3.63, 3.8) is 0 Å². The highest BCUT2D eigenvalue weighted by atomic mass is 35.5. The average Bonchev–Trinajstić information content (AvgIpc) is 2.96. The Morgan fingerprint density at radius 3 is 2.63 bits per heavy atom. The summed E-state index contributed by atoms with van der Waals surface area (Å²) in [4.78, 5) is 17.9. The minimum atomic E-state index is -4.11. The normalized spacial score (nSPS) is 28.1. The van der Waals surface area contributed by atoms with Crippen LogP contribution in [0.3, 0.4) is 0 Å². The van der Waals surface area contributed by atoms with Gasteiger partial charge in [0.05, 0.1) is 16.7 Å². The van der Waals surface area contributed by atoms with Crippen molar-refractivity contribution in [2.24, 2.45) is 11.8 Å². The first-order valence-corrected chi connectivity index (χ1v) is 17.3. The summed E-state index contributed by atoms with van der Waals surface area (Å²) in [5, 5.41) is 0.712. The van der Waals surface area contributed by atoms with Crippen molar-refractivity contribution in [2.75, 3.05) is 38.7 Å². The lowest BCUT2D eigenvalue weighted by Gasteiger charge is -2.46. The number of hydrogen-bond acceptors (Lipinski definition) is 7. The molecule has 43 heavy (non-hydrogen) atoms. The van der Waals surface area contributed by atoms with E-state index in [2.05, 4.69) is 21.8 Å². The van der Waals surface area contributed by atoms with Gasteiger partial charge in [0.1, 0.15) is 17.9 Å². The molecule has 0 unspecified atom stereocenters. The van der Waals surface area contributed by atoms with Crippen LogP contribution in [0.2, 0.25) is 5.02 Å². The molecule has 6 rings (SSSR count). The van der Waals surface area contributed by atoms with Crippen molar-refractivity contribution in [3.8, 4) is 5.75 Å². The number of sulfonamides is 1. The molecule has 1 amide bonds. The van der Waals surface area contributed by atoms with Crippen LogP contribution in [0, 0.1) is 11.8 Å². The molecular weight excluding hydrogens is 586 g/mol. The molecule has 232 valence electrons. The average molecular weight is 628 g/mol. The molecular formula is C33H42ClN3O5S. The molecule has 4 aliphatic rings. The van der Waals surface area contributed by atoms with Crippen LogP contribution in [0.5, 0.6) is 5.75 Å². The van der Waals surface area contributed by atoms with Crippen LogP contribution in [0.15, 0.2) is 53.4 Å². The first kappa shape index (κ1) is 30.4. The highest BCUT2D eigenvalue weighted by molar-refractivity contribution is 7.90. The van der Waals surface area contributed by atoms with Gasteiger partial charge in [-0.2, -0.15) is 0 Å². The van der Waals surface area contributed by atoms with E-state index < -0.39 is 21.5 Å². The van der Waals surface area contributed by atoms with Gasteiger partial charge in [-0.15, -0.1) is 0 Å². The molecule has 2 fully saturated rings. The first-order chi connectivity index (χ1) is 20.7. The fourth-order valence-electron chi connectivity index (χ4n) is 7.12. The van der Waals surface area contributed by atoms with Crippen LogP contribution in [-0.2, 0) is 32.6 Å². The molecule has 2 aromatic carbocycles. The minimum absolute atomic E-state index is 0.0168. The van der Waals surface area contributed by atoms with Gasteiger partial charge in [-0.05, 0) is 112 Å². The largest absolute Gasteiger partial charge is 0.487 e. The number of halogens is 1. The second-order valence-corrected chi connectivity index (χ2v) is 14.7. The third kappa shape index (κ3) is 6.06. The third-order valence-corrected chi connectivity index (χ3v) is 11.7. The van der Waals surface area contributed by atoms with E-state index in [1.165, 1.54) is 5.56 Å². The van der Waals surface area contributed by atoms with Crippen LogP contribution in [0.25, 0.3) is 0 Å². The number of nitrogens with zero attached hydrogens (tertiary/aromatic N) is 2. The number of rotatable bonds is 1. The summed E-state index contributed by atoms with van der Waals surface area (Å²) >= 11 is 6.33. The molecule has 2 bridgehead atoms. The minimum Gasteiger partial charge on any atom is -0.487 e. The van der Waals surface area contributed by atoms with Crippen LogP contribution in [-0.4, -0.2) is 64.7 Å². The Hall–Kier alpha value is -2.59. The number of fused-ring (bicyclic) bond motifs is 3. The van der Waals surface area contributed by atoms with Crippen molar-refractivity contribution >= 4 is 33.2 Å². The summed E-state index contributed by atoms with van der Waals surface area (Å²) in [6.45, 7) is 2.42. The van der Waals surface area contributed by atoms with E-state index in [4.69, 9.17) is 21.1 Å². The number of methoxy groups -OCH3 is 1. The highest BCUT2D eigenvalue weighted by Gasteiger charge is 2.48. The zero-order valence-electron chi connectivity index (χ0n) is 25.1. The topological polar surface area (TPSA) is 88.2 Å². The Balaban J connectivity index is 1.41. The van der Waals surface area contributed by atoms with Crippen LogP contribution in [0.1, 0.15) is 56.1 Å². The Morgan fingerprint density at radius 2 is 1.91 bits per heavy atom. The molecule has 3 atom stereocenters. The maximum absolute atomic E-state index is 13.7. The van der Waals surface area contributed by atoms with E-state index in [0.29, 0.717) is 48.6 Å². The lowest BCUT2D eigenvalue weighted by Crippen LogP contribution is -2.62. The summed E-state index contributed by atoms with van der Waals surface area (Å²) in [5.74, 6) is 0.917. The van der Waals surface area contributed by atoms with Gasteiger partial charge >= 0.3 is 0 Å². The molecule has 2 aliphatic carbocycles. The number of nitrogens with one attached hydrogen (secondary N) is 1. The number of anilines is 1. The molecule has 2 saturated carbocycles. The number of amides is 1. The lowest BCUT2D eigenvalue weighted by atomic mass is 9.70. The molecule has 10 heteroatoms. The van der Waals surface area contributed by atoms with E-state index in [1.807, 2.05) is 30.1 Å². The van der Waals surface area contributed by atoms with E-state index in [0.717, 1.165) is 62.9 Å². The van der Waals surface area contributed by atoms with Crippen molar-refractivity contribution in [1.82, 2.24) is 9.62 Å². The van der Waals surface area contributed by atoms with Gasteiger partial charge in [0.25, 0.3) is 15.9 Å². The SMILES string of the molecule is CO[C@@H]1/C=C/CN(C)C2(CCC2)C(=O)NS(=O)(=O)c2ccc3c(c2)N(CCCCc2cc(Cl)ccc2CO3)C[C@@H]2CC[C@H]21. The zero-order valence-corrected chi connectivity index (χ0v) is 26.6. The van der Waals surface area contributed by atoms with Crippen molar-refractivity contribution < 1.29 is 22.7 Å². The molecule has 2 heterocycles. The maximum Gasteiger partial charge on any atom is 0.264 e. The molecule has 2 aliphatic heterocycles. The molecule has 8 nitrogen and oxygen atoms in total. The molecule has 2 aromatic rings. The van der Waals surface area contributed by atoms with E-state index >= 15 is 0 Å². The first-order valence-electron chi connectivity index (χ1n) is 15.5. The van der Waals surface area contributed by atoms with Gasteiger partial charge in [-0.3, -0.25) is 9.69 Å². The summed E-state index contributed by atoms with van der Waals surface area (Å²) in [5.41, 5.74) is 2.15. The number of aryl methyl sites for hydroxylation is 1. The summed E-state index contributed by atoms with van der Waals surface area (Å²) in [6.07, 6.45) is 11.3. The number of carbonyl (C=O) groups is 1. The second-order valence-electron chi connectivity index (χ2n) is 12.6. The number of benzene rings is 2. The lowest BCUT2D eigenvalue weighted by molar-refractivity contribution is -0.136. The predicted octanol–water partition coefficient (Wildman–Crippen LogP) is 5.33. The van der Waals surface area contributed by atoms with Gasteiger partial charge in [0, 0.05) is 31.8 Å². The van der Waals surface area contributed by atoms with Crippen LogP contribution >= 0.6 is 11.6 Å². The smallest absolute Gasteiger partial charge is 0.264 e. The van der Waals surface area contributed by atoms with Gasteiger partial charge in [0.15, 0.2) is 0 Å². The highest BCUT2D eigenvalue weighted by Crippen LogP contribution is 2.42. The quantitative estimate of drug-likeness (QED) is 0.428. The van der Waals surface area contributed by atoms with Crippen molar-refractivity contribution in [3.05, 3.63) is 64.7 Å². The molecule has 0 radical (unpaired) electrons. The van der Waals surface area contributed by atoms with E-state index in [-0.39, 0.29) is 11.0 Å². The van der Waals surface area contributed by atoms with E-state index in [9.17, 15) is 13.2 Å².